The third-order valence-electron chi connectivity index (χ3n) is 1.03. The number of carbonyl (C=O) groups is 2. The van der Waals surface area contributed by atoms with E-state index in [1.807, 2.05) is 0 Å². The summed E-state index contributed by atoms with van der Waals surface area (Å²) in [6, 6.07) is -0.988. The molecular formula is C5H13GeNO4. The fraction of sp³-hybridized carbons (Fsp3) is 0.600. The molecule has 0 aliphatic rings. The van der Waals surface area contributed by atoms with E-state index in [0.717, 1.165) is 0 Å². The van der Waals surface area contributed by atoms with Crippen molar-refractivity contribution in [3.8, 4) is 0 Å². The zero-order valence-corrected chi connectivity index (χ0v) is 5.50. The van der Waals surface area contributed by atoms with Crippen LogP contribution in [-0.4, -0.2) is 52.8 Å². The quantitative estimate of drug-likeness (QED) is 0.466. The van der Waals surface area contributed by atoms with E-state index in [0.29, 0.717) is 0 Å². The second kappa shape index (κ2) is 6.17. The number of hydrogen-bond donors (Lipinski definition) is 3. The monoisotopic (exact) mass is 225 g/mol. The molecule has 0 aromatic heterocycles. The average molecular weight is 224 g/mol. The minimum absolute atomic E-state index is 0. The zero-order valence-electron chi connectivity index (χ0n) is 5.50. The van der Waals surface area contributed by atoms with Crippen molar-refractivity contribution in [2.45, 2.75) is 12.5 Å². The third kappa shape index (κ3) is 5.87. The van der Waals surface area contributed by atoms with E-state index in [9.17, 15) is 9.59 Å². The van der Waals surface area contributed by atoms with Gasteiger partial charge in [0.25, 0.3) is 0 Å². The second-order valence-electron chi connectivity index (χ2n) is 1.78. The SMILES string of the molecule is CN[C@H](CC(=O)O)C(=O)O.[GeH4]. The summed E-state index contributed by atoms with van der Waals surface area (Å²) < 4.78 is 0. The number of carboxylic acid groups (broad SMARTS) is 2. The summed E-state index contributed by atoms with van der Waals surface area (Å²) in [5.74, 6) is -2.27. The number of aliphatic carboxylic acids is 2. The van der Waals surface area contributed by atoms with Crippen molar-refractivity contribution in [3.05, 3.63) is 0 Å². The molecular weight excluding hydrogens is 211 g/mol. The van der Waals surface area contributed by atoms with Crippen LogP contribution in [0, 0.1) is 0 Å². The molecule has 0 heterocycles. The van der Waals surface area contributed by atoms with Crippen molar-refractivity contribution in [1.29, 1.82) is 0 Å². The topological polar surface area (TPSA) is 86.6 Å². The number of rotatable bonds is 4. The molecule has 0 aliphatic carbocycles. The fourth-order valence-corrected chi connectivity index (χ4v) is 0.487. The summed E-state index contributed by atoms with van der Waals surface area (Å²) in [4.78, 5) is 20.1. The Hall–Kier alpha value is -0.557. The van der Waals surface area contributed by atoms with Gasteiger partial charge in [-0.05, 0) is 7.05 Å². The van der Waals surface area contributed by atoms with Crippen molar-refractivity contribution in [2.24, 2.45) is 0 Å². The van der Waals surface area contributed by atoms with E-state index in [1.54, 1.807) is 0 Å². The molecule has 0 rings (SSSR count). The summed E-state index contributed by atoms with van der Waals surface area (Å²) in [6.45, 7) is 0. The molecule has 1 atom stereocenters. The van der Waals surface area contributed by atoms with Gasteiger partial charge in [-0.25, -0.2) is 0 Å². The molecule has 0 saturated carbocycles. The molecule has 0 fully saturated rings. The molecule has 3 N–H and O–H groups in total. The number of likely N-dealkylation sites (N-methyl/N-ethyl adjacent to an activating group) is 1. The molecule has 0 bridgehead atoms. The molecule has 11 heavy (non-hydrogen) atoms. The molecule has 5 nitrogen and oxygen atoms in total. The van der Waals surface area contributed by atoms with Gasteiger partial charge < -0.3 is 15.5 Å². The predicted octanol–water partition coefficient (Wildman–Crippen LogP) is -2.32. The van der Waals surface area contributed by atoms with Crippen molar-refractivity contribution >= 4 is 29.5 Å². The Balaban J connectivity index is 0. The maximum atomic E-state index is 10.1. The van der Waals surface area contributed by atoms with Gasteiger partial charge in [-0.3, -0.25) is 9.59 Å². The van der Waals surface area contributed by atoms with Crippen LogP contribution >= 0.6 is 0 Å². The maximum absolute atomic E-state index is 10.1. The van der Waals surface area contributed by atoms with Gasteiger partial charge in [-0.15, -0.1) is 0 Å². The molecule has 0 aromatic carbocycles. The summed E-state index contributed by atoms with van der Waals surface area (Å²) in [5.41, 5.74) is 0. The minimum atomic E-state index is -1.15. The average Bonchev–Trinajstić information content (AvgIpc) is 1.81. The zero-order chi connectivity index (χ0) is 8.15. The van der Waals surface area contributed by atoms with E-state index >= 15 is 0 Å². The van der Waals surface area contributed by atoms with Gasteiger partial charge >= 0.3 is 29.5 Å². The van der Waals surface area contributed by atoms with Gasteiger partial charge in [0, 0.05) is 0 Å². The Labute approximate surface area is 74.8 Å². The van der Waals surface area contributed by atoms with Crippen LogP contribution in [0.2, 0.25) is 0 Å². The van der Waals surface area contributed by atoms with E-state index in [4.69, 9.17) is 10.2 Å². The first-order valence-electron chi connectivity index (χ1n) is 2.69. The number of hydrogen-bond acceptors (Lipinski definition) is 3. The Morgan fingerprint density at radius 1 is 1.45 bits per heavy atom. The molecule has 6 heteroatoms. The Kier molecular flexibility index (Phi) is 7.33. The van der Waals surface area contributed by atoms with Crippen LogP contribution in [0.25, 0.3) is 0 Å². The molecule has 0 radical (unpaired) electrons. The summed E-state index contributed by atoms with van der Waals surface area (Å²) >= 11 is 0. The van der Waals surface area contributed by atoms with Gasteiger partial charge in [0.2, 0.25) is 0 Å². The summed E-state index contributed by atoms with van der Waals surface area (Å²) in [6.07, 6.45) is -0.397. The Morgan fingerprint density at radius 3 is 2.00 bits per heavy atom. The van der Waals surface area contributed by atoms with E-state index in [-0.39, 0.29) is 17.6 Å². The molecule has 0 aliphatic heterocycles. The van der Waals surface area contributed by atoms with Crippen molar-refractivity contribution in [2.75, 3.05) is 7.05 Å². The first-order chi connectivity index (χ1) is 4.57. The number of nitrogens with one attached hydrogen (secondary N) is 1. The molecule has 66 valence electrons. The molecule has 0 spiro atoms. The Bertz CT molecular complexity index is 149. The predicted molar refractivity (Wildman–Crippen MR) is 44.1 cm³/mol. The first kappa shape index (κ1) is 13.1. The standard InChI is InChI=1S/C5H9NO4.GeH4/c1-6-3(5(9)10)2-4(7)8;/h3,6H,2H2,1H3,(H,7,8)(H,9,10);1H4/t3-;/m1./s1. The van der Waals surface area contributed by atoms with Gasteiger partial charge in [0.15, 0.2) is 0 Å². The molecule has 0 unspecified atom stereocenters. The van der Waals surface area contributed by atoms with Gasteiger partial charge in [-0.2, -0.15) is 0 Å². The third-order valence-corrected chi connectivity index (χ3v) is 1.03. The van der Waals surface area contributed by atoms with E-state index in [1.165, 1.54) is 7.05 Å². The van der Waals surface area contributed by atoms with Crippen LogP contribution < -0.4 is 5.32 Å². The van der Waals surface area contributed by atoms with Crippen LogP contribution in [0.1, 0.15) is 6.42 Å². The second-order valence-corrected chi connectivity index (χ2v) is 1.78. The molecule has 0 saturated heterocycles. The van der Waals surface area contributed by atoms with Crippen LogP contribution in [0.5, 0.6) is 0 Å². The molecule has 0 amide bonds. The Morgan fingerprint density at radius 2 is 1.91 bits per heavy atom. The first-order valence-corrected chi connectivity index (χ1v) is 2.69. The van der Waals surface area contributed by atoms with Crippen LogP contribution in [0.3, 0.4) is 0 Å². The normalized spacial score (nSPS) is 11.4. The van der Waals surface area contributed by atoms with Gasteiger partial charge in [-0.1, -0.05) is 0 Å². The van der Waals surface area contributed by atoms with E-state index < -0.39 is 24.4 Å². The number of carboxylic acids is 2. The summed E-state index contributed by atoms with van der Waals surface area (Å²) in [7, 11) is 1.40. The van der Waals surface area contributed by atoms with Crippen LogP contribution in [0.15, 0.2) is 0 Å². The molecule has 0 aromatic rings. The van der Waals surface area contributed by atoms with Crippen molar-refractivity contribution in [3.63, 3.8) is 0 Å². The van der Waals surface area contributed by atoms with Crippen LogP contribution in [-0.2, 0) is 9.59 Å². The van der Waals surface area contributed by atoms with Crippen LogP contribution in [0.4, 0.5) is 0 Å². The summed E-state index contributed by atoms with van der Waals surface area (Å²) in [5, 5.41) is 18.8. The fourth-order valence-electron chi connectivity index (χ4n) is 0.487. The van der Waals surface area contributed by atoms with Crippen molar-refractivity contribution < 1.29 is 19.8 Å². The van der Waals surface area contributed by atoms with Crippen molar-refractivity contribution in [1.82, 2.24) is 5.32 Å². The van der Waals surface area contributed by atoms with E-state index in [2.05, 4.69) is 5.32 Å². The van der Waals surface area contributed by atoms with Gasteiger partial charge in [0.05, 0.1) is 6.42 Å². The van der Waals surface area contributed by atoms with Gasteiger partial charge in [0.1, 0.15) is 6.04 Å².